The van der Waals surface area contributed by atoms with Crippen LogP contribution < -0.4 is 15.4 Å². The molecule has 1 aromatic heterocycles. The van der Waals surface area contributed by atoms with Gasteiger partial charge in [0.15, 0.2) is 6.61 Å². The largest absolute Gasteiger partial charge is 0.484 e. The summed E-state index contributed by atoms with van der Waals surface area (Å²) in [6, 6.07) is 2.80. The van der Waals surface area contributed by atoms with Crippen molar-refractivity contribution >= 4 is 29.5 Å². The number of halogens is 5. The lowest BCUT2D eigenvalue weighted by Crippen LogP contribution is -2.59. The first-order valence-corrected chi connectivity index (χ1v) is 12.2. The third-order valence-corrected chi connectivity index (χ3v) is 5.73. The van der Waals surface area contributed by atoms with Gasteiger partial charge in [-0.15, -0.1) is 0 Å². The maximum Gasteiger partial charge on any atom is 0.452 e. The molecule has 2 atom stereocenters. The van der Waals surface area contributed by atoms with Crippen LogP contribution >= 0.6 is 11.6 Å². The Bertz CT molecular complexity index is 1200. The van der Waals surface area contributed by atoms with Crippen molar-refractivity contribution in [2.24, 2.45) is 0 Å². The quantitative estimate of drug-likeness (QED) is 0.475. The number of carbonyl (C=O) groups excluding carboxylic acids is 3. The average Bonchev–Trinajstić information content (AvgIpc) is 3.32. The summed E-state index contributed by atoms with van der Waals surface area (Å²) < 4.78 is 66.7. The molecular formula is C24H27ClF4N4O6. The van der Waals surface area contributed by atoms with Crippen LogP contribution in [0.1, 0.15) is 45.1 Å². The van der Waals surface area contributed by atoms with Crippen molar-refractivity contribution in [2.75, 3.05) is 13.2 Å². The zero-order valence-electron chi connectivity index (χ0n) is 21.2. The van der Waals surface area contributed by atoms with Crippen LogP contribution in [-0.2, 0) is 27.0 Å². The summed E-state index contributed by atoms with van der Waals surface area (Å²) >= 11 is 5.62. The maximum atomic E-state index is 13.6. The fourth-order valence-corrected chi connectivity index (χ4v) is 3.81. The Morgan fingerprint density at radius 2 is 1.90 bits per heavy atom. The van der Waals surface area contributed by atoms with E-state index in [1.165, 1.54) is 12.1 Å². The number of nitrogens with one attached hydrogen (secondary N) is 2. The molecule has 3 amide bonds. The average molecular weight is 579 g/mol. The number of ether oxygens (including phenoxy) is 2. The Kier molecular flexibility index (Phi) is 9.30. The van der Waals surface area contributed by atoms with Gasteiger partial charge in [0.1, 0.15) is 28.9 Å². The molecule has 3 rings (SSSR count). The number of likely N-dealkylation sites (tertiary alicyclic amines) is 1. The number of amides is 3. The normalized spacial score (nSPS) is 17.9. The third-order valence-electron chi connectivity index (χ3n) is 5.42. The van der Waals surface area contributed by atoms with Crippen LogP contribution in [0.5, 0.6) is 5.75 Å². The number of benzene rings is 1. The number of rotatable bonds is 7. The first-order chi connectivity index (χ1) is 18.1. The molecule has 2 aromatic rings. The SMILES string of the molecule is CC(C)(C)OC(=O)N1CC(NC(=O)COc2ccc(Cl)c(F)c2)CCC1C(=O)NCc1cc(C(F)(F)F)on1. The Hall–Kier alpha value is -3.55. The van der Waals surface area contributed by atoms with E-state index in [4.69, 9.17) is 21.1 Å². The van der Waals surface area contributed by atoms with E-state index in [-0.39, 0.29) is 36.0 Å². The Morgan fingerprint density at radius 1 is 1.18 bits per heavy atom. The number of nitrogens with zero attached hydrogens (tertiary/aromatic N) is 2. The Morgan fingerprint density at radius 3 is 2.51 bits per heavy atom. The number of alkyl halides is 3. The minimum atomic E-state index is -4.72. The molecule has 39 heavy (non-hydrogen) atoms. The van der Waals surface area contributed by atoms with Crippen molar-refractivity contribution in [3.05, 3.63) is 46.6 Å². The molecule has 1 aliphatic heterocycles. The summed E-state index contributed by atoms with van der Waals surface area (Å²) in [5.41, 5.74) is -1.04. The highest BCUT2D eigenvalue weighted by Gasteiger charge is 2.39. The lowest BCUT2D eigenvalue weighted by Gasteiger charge is -2.39. The lowest BCUT2D eigenvalue weighted by atomic mass is 9.97. The second kappa shape index (κ2) is 12.1. The number of piperidine rings is 1. The topological polar surface area (TPSA) is 123 Å². The molecule has 15 heteroatoms. The van der Waals surface area contributed by atoms with E-state index in [1.54, 1.807) is 20.8 Å². The lowest BCUT2D eigenvalue weighted by molar-refractivity contribution is -0.155. The van der Waals surface area contributed by atoms with E-state index in [1.807, 2.05) is 0 Å². The smallest absolute Gasteiger partial charge is 0.452 e. The van der Waals surface area contributed by atoms with Crippen LogP contribution in [0.2, 0.25) is 5.02 Å². The molecule has 0 saturated carbocycles. The van der Waals surface area contributed by atoms with Crippen molar-refractivity contribution in [3.63, 3.8) is 0 Å². The van der Waals surface area contributed by atoms with Crippen molar-refractivity contribution in [2.45, 2.75) is 64.0 Å². The van der Waals surface area contributed by atoms with E-state index in [9.17, 15) is 31.9 Å². The number of carbonyl (C=O) groups is 3. The Labute approximate surface area is 225 Å². The minimum absolute atomic E-state index is 0.0868. The van der Waals surface area contributed by atoms with Crippen molar-refractivity contribution in [1.82, 2.24) is 20.7 Å². The number of hydrogen-bond donors (Lipinski definition) is 2. The van der Waals surface area contributed by atoms with Crippen molar-refractivity contribution < 1.29 is 45.9 Å². The summed E-state index contributed by atoms with van der Waals surface area (Å²) in [5, 5.41) is 8.36. The van der Waals surface area contributed by atoms with Gasteiger partial charge in [0.25, 0.3) is 5.91 Å². The molecule has 10 nitrogen and oxygen atoms in total. The van der Waals surface area contributed by atoms with Gasteiger partial charge in [-0.05, 0) is 45.7 Å². The summed E-state index contributed by atoms with van der Waals surface area (Å²) in [5.74, 6) is -3.10. The second-order valence-electron chi connectivity index (χ2n) is 9.75. The summed E-state index contributed by atoms with van der Waals surface area (Å²) in [4.78, 5) is 39.4. The molecule has 2 heterocycles. The first kappa shape index (κ1) is 30.0. The molecule has 1 aromatic carbocycles. The molecule has 214 valence electrons. The van der Waals surface area contributed by atoms with Gasteiger partial charge in [0.05, 0.1) is 11.6 Å². The Balaban J connectivity index is 1.61. The molecule has 0 radical (unpaired) electrons. The molecule has 2 N–H and O–H groups in total. The van der Waals surface area contributed by atoms with Crippen molar-refractivity contribution in [1.29, 1.82) is 0 Å². The van der Waals surface area contributed by atoms with Gasteiger partial charge in [-0.25, -0.2) is 9.18 Å². The fourth-order valence-electron chi connectivity index (χ4n) is 3.69. The second-order valence-corrected chi connectivity index (χ2v) is 10.2. The highest BCUT2D eigenvalue weighted by molar-refractivity contribution is 6.30. The van der Waals surface area contributed by atoms with Crippen molar-refractivity contribution in [3.8, 4) is 5.75 Å². The van der Waals surface area contributed by atoms with Crippen LogP contribution in [0.3, 0.4) is 0 Å². The van der Waals surface area contributed by atoms with Gasteiger partial charge in [-0.2, -0.15) is 13.2 Å². The first-order valence-electron chi connectivity index (χ1n) is 11.8. The molecule has 1 saturated heterocycles. The molecule has 0 spiro atoms. The summed E-state index contributed by atoms with van der Waals surface area (Å²) in [6.45, 7) is 4.04. The molecule has 1 aliphatic rings. The minimum Gasteiger partial charge on any atom is -0.484 e. The highest BCUT2D eigenvalue weighted by Crippen LogP contribution is 2.29. The van der Waals surface area contributed by atoms with E-state index >= 15 is 0 Å². The third kappa shape index (κ3) is 8.73. The van der Waals surface area contributed by atoms with Gasteiger partial charge in [-0.1, -0.05) is 16.8 Å². The maximum absolute atomic E-state index is 13.6. The van der Waals surface area contributed by atoms with E-state index in [0.717, 1.165) is 11.0 Å². The summed E-state index contributed by atoms with van der Waals surface area (Å²) in [6.07, 6.45) is -5.12. The predicted octanol–water partition coefficient (Wildman–Crippen LogP) is 4.07. The monoisotopic (exact) mass is 578 g/mol. The molecular weight excluding hydrogens is 552 g/mol. The van der Waals surface area contributed by atoms with Crippen LogP contribution in [0.15, 0.2) is 28.8 Å². The molecule has 1 fully saturated rings. The van der Waals surface area contributed by atoms with Gasteiger partial charge in [0.2, 0.25) is 11.7 Å². The number of hydrogen-bond acceptors (Lipinski definition) is 7. The van der Waals surface area contributed by atoms with E-state index < -0.39 is 60.0 Å². The van der Waals surface area contributed by atoms with Crippen LogP contribution in [0.4, 0.5) is 22.4 Å². The standard InChI is InChI=1S/C24H27ClF4N4O6/c1-23(2,3)38-22(36)33-11-13(31-20(34)12-37-15-5-6-16(25)17(26)9-15)4-7-18(33)21(35)30-10-14-8-19(39-32-14)24(27,28)29/h5-6,8-9,13,18H,4,7,10-12H2,1-3H3,(H,30,35)(H,31,34). The zero-order valence-corrected chi connectivity index (χ0v) is 22.0. The fraction of sp³-hybridized carbons (Fsp3) is 0.500. The van der Waals surface area contributed by atoms with Crippen LogP contribution in [-0.4, -0.2) is 58.8 Å². The predicted molar refractivity (Wildman–Crippen MR) is 128 cm³/mol. The van der Waals surface area contributed by atoms with E-state index in [0.29, 0.717) is 12.5 Å². The molecule has 0 aliphatic carbocycles. The molecule has 0 bridgehead atoms. The summed E-state index contributed by atoms with van der Waals surface area (Å²) in [7, 11) is 0. The number of aromatic nitrogens is 1. The highest BCUT2D eigenvalue weighted by atomic mass is 35.5. The zero-order chi connectivity index (χ0) is 29.0. The van der Waals surface area contributed by atoms with Gasteiger partial charge >= 0.3 is 12.3 Å². The van der Waals surface area contributed by atoms with Gasteiger partial charge in [0, 0.05) is 24.7 Å². The van der Waals surface area contributed by atoms with Gasteiger partial charge in [-0.3, -0.25) is 14.5 Å². The van der Waals surface area contributed by atoms with Crippen LogP contribution in [0.25, 0.3) is 0 Å². The van der Waals surface area contributed by atoms with E-state index in [2.05, 4.69) is 20.3 Å². The molecule has 2 unspecified atom stereocenters. The van der Waals surface area contributed by atoms with Gasteiger partial charge < -0.3 is 24.6 Å². The van der Waals surface area contributed by atoms with Crippen LogP contribution in [0, 0.1) is 5.82 Å².